The van der Waals surface area contributed by atoms with Crippen molar-refractivity contribution in [1.82, 2.24) is 5.32 Å². The Morgan fingerprint density at radius 2 is 2.04 bits per heavy atom. The Balaban J connectivity index is 1.32. The Bertz CT molecular complexity index is 692. The first kappa shape index (κ1) is 19.1. The smallest absolute Gasteiger partial charge is 0.404 e. The van der Waals surface area contributed by atoms with E-state index in [9.17, 15) is 0 Å². The molecule has 3 saturated carbocycles. The second kappa shape index (κ2) is 7.12. The van der Waals surface area contributed by atoms with Gasteiger partial charge in [-0.15, -0.1) is 0 Å². The summed E-state index contributed by atoms with van der Waals surface area (Å²) in [4.78, 5) is 0. The summed E-state index contributed by atoms with van der Waals surface area (Å²) in [6.07, 6.45) is 5.89. The van der Waals surface area contributed by atoms with E-state index in [0.29, 0.717) is 17.4 Å². The van der Waals surface area contributed by atoms with Crippen LogP contribution in [0.15, 0.2) is 30.3 Å². The molecule has 0 amide bonds. The van der Waals surface area contributed by atoms with E-state index in [1.165, 1.54) is 24.8 Å². The summed E-state index contributed by atoms with van der Waals surface area (Å²) in [5.41, 5.74) is 1.48. The fraction of sp³-hybridized carbons (Fsp3) is 0.739. The SMILES string of the molecule is CC1(C)C2CC3OB(C(Cc4ccccc4)OCC4CCCN4)O[C@@]3(C)C1C2. The molecule has 5 fully saturated rings. The molecule has 28 heavy (non-hydrogen) atoms. The average molecular weight is 383 g/mol. The number of ether oxygens (including phenoxy) is 1. The molecule has 6 rings (SSSR count). The van der Waals surface area contributed by atoms with E-state index in [0.717, 1.165) is 31.9 Å². The number of benzene rings is 1. The average Bonchev–Trinajstić information content (AvgIpc) is 3.32. The summed E-state index contributed by atoms with van der Waals surface area (Å²) >= 11 is 0. The van der Waals surface area contributed by atoms with Gasteiger partial charge < -0.3 is 19.4 Å². The zero-order valence-corrected chi connectivity index (χ0v) is 17.5. The molecule has 5 unspecified atom stereocenters. The Labute approximate surface area is 169 Å². The van der Waals surface area contributed by atoms with Crippen LogP contribution in [0.25, 0.3) is 0 Å². The fourth-order valence-electron chi connectivity index (χ4n) is 6.28. The normalized spacial score (nSPS) is 39.5. The Morgan fingerprint density at radius 3 is 2.75 bits per heavy atom. The quantitative estimate of drug-likeness (QED) is 0.762. The maximum absolute atomic E-state index is 6.72. The van der Waals surface area contributed by atoms with Crippen LogP contribution in [0, 0.1) is 17.3 Å². The van der Waals surface area contributed by atoms with Gasteiger partial charge in [0, 0.05) is 6.04 Å². The Hall–Kier alpha value is -0.875. The summed E-state index contributed by atoms with van der Waals surface area (Å²) < 4.78 is 19.7. The molecule has 2 saturated heterocycles. The molecule has 1 aromatic rings. The van der Waals surface area contributed by atoms with Crippen LogP contribution in [0.2, 0.25) is 0 Å². The zero-order valence-electron chi connectivity index (χ0n) is 17.5. The maximum atomic E-state index is 6.72. The fourth-order valence-corrected chi connectivity index (χ4v) is 6.28. The van der Waals surface area contributed by atoms with Gasteiger partial charge in [0.15, 0.2) is 0 Å². The van der Waals surface area contributed by atoms with Gasteiger partial charge in [0.25, 0.3) is 0 Å². The summed E-state index contributed by atoms with van der Waals surface area (Å²) in [6.45, 7) is 8.95. The third kappa shape index (κ3) is 3.15. The Morgan fingerprint density at radius 1 is 1.21 bits per heavy atom. The van der Waals surface area contributed by atoms with Gasteiger partial charge >= 0.3 is 7.12 Å². The predicted molar refractivity (Wildman–Crippen MR) is 111 cm³/mol. The molecule has 0 aromatic heterocycles. The maximum Gasteiger partial charge on any atom is 0.489 e. The molecular weight excluding hydrogens is 349 g/mol. The minimum atomic E-state index is -0.272. The van der Waals surface area contributed by atoms with E-state index in [-0.39, 0.29) is 24.8 Å². The molecule has 2 bridgehead atoms. The lowest BCUT2D eigenvalue weighted by Gasteiger charge is -2.64. The third-order valence-electron chi connectivity index (χ3n) is 8.23. The lowest BCUT2D eigenvalue weighted by atomic mass is 9.43. The summed E-state index contributed by atoms with van der Waals surface area (Å²) in [6, 6.07) is 11.0. The first-order valence-electron chi connectivity index (χ1n) is 11.2. The molecule has 5 aliphatic rings. The van der Waals surface area contributed by atoms with E-state index in [2.05, 4.69) is 56.4 Å². The minimum absolute atomic E-state index is 0.0625. The van der Waals surface area contributed by atoms with Gasteiger partial charge in [-0.1, -0.05) is 44.2 Å². The first-order valence-corrected chi connectivity index (χ1v) is 11.2. The van der Waals surface area contributed by atoms with Gasteiger partial charge in [-0.05, 0) is 68.4 Å². The third-order valence-corrected chi connectivity index (χ3v) is 8.23. The lowest BCUT2D eigenvalue weighted by Crippen LogP contribution is -2.65. The van der Waals surface area contributed by atoms with E-state index in [4.69, 9.17) is 14.0 Å². The number of hydrogen-bond donors (Lipinski definition) is 1. The van der Waals surface area contributed by atoms with Crippen LogP contribution in [0.5, 0.6) is 0 Å². The van der Waals surface area contributed by atoms with Crippen LogP contribution in [-0.4, -0.2) is 44.0 Å². The minimum Gasteiger partial charge on any atom is -0.404 e. The van der Waals surface area contributed by atoms with Crippen LogP contribution in [0.4, 0.5) is 0 Å². The molecule has 2 heterocycles. The molecule has 2 aliphatic heterocycles. The molecule has 3 aliphatic carbocycles. The van der Waals surface area contributed by atoms with Crippen molar-refractivity contribution in [2.75, 3.05) is 13.2 Å². The number of rotatable bonds is 6. The highest BCUT2D eigenvalue weighted by atomic mass is 16.7. The van der Waals surface area contributed by atoms with E-state index < -0.39 is 0 Å². The van der Waals surface area contributed by atoms with Crippen molar-refractivity contribution in [2.45, 2.75) is 76.6 Å². The van der Waals surface area contributed by atoms with Crippen molar-refractivity contribution in [3.05, 3.63) is 35.9 Å². The van der Waals surface area contributed by atoms with Crippen LogP contribution in [0.1, 0.15) is 52.0 Å². The van der Waals surface area contributed by atoms with Gasteiger partial charge in [0.2, 0.25) is 0 Å². The van der Waals surface area contributed by atoms with Crippen molar-refractivity contribution in [3.8, 4) is 0 Å². The van der Waals surface area contributed by atoms with Gasteiger partial charge in [-0.2, -0.15) is 0 Å². The molecule has 0 radical (unpaired) electrons. The van der Waals surface area contributed by atoms with E-state index in [1.54, 1.807) is 0 Å². The van der Waals surface area contributed by atoms with Crippen molar-refractivity contribution in [1.29, 1.82) is 0 Å². The Kier molecular flexibility index (Phi) is 4.86. The largest absolute Gasteiger partial charge is 0.489 e. The zero-order chi connectivity index (χ0) is 19.4. The van der Waals surface area contributed by atoms with Crippen LogP contribution >= 0.6 is 0 Å². The van der Waals surface area contributed by atoms with Crippen LogP contribution in [-0.2, 0) is 20.5 Å². The molecule has 1 aromatic carbocycles. The second-order valence-electron chi connectivity index (χ2n) is 10.2. The topological polar surface area (TPSA) is 39.7 Å². The lowest BCUT2D eigenvalue weighted by molar-refractivity contribution is -0.199. The van der Waals surface area contributed by atoms with Gasteiger partial charge in [0.1, 0.15) is 0 Å². The predicted octanol–water partition coefficient (Wildman–Crippen LogP) is 3.63. The second-order valence-corrected chi connectivity index (χ2v) is 10.2. The number of nitrogens with one attached hydrogen (secondary N) is 1. The van der Waals surface area contributed by atoms with Crippen LogP contribution in [0.3, 0.4) is 0 Å². The van der Waals surface area contributed by atoms with Gasteiger partial charge in [-0.25, -0.2) is 0 Å². The van der Waals surface area contributed by atoms with Crippen molar-refractivity contribution < 1.29 is 14.0 Å². The monoisotopic (exact) mass is 383 g/mol. The summed E-state index contributed by atoms with van der Waals surface area (Å²) in [5, 5.41) is 3.54. The van der Waals surface area contributed by atoms with E-state index >= 15 is 0 Å². The molecule has 1 N–H and O–H groups in total. The molecule has 5 heteroatoms. The highest BCUT2D eigenvalue weighted by molar-refractivity contribution is 6.47. The van der Waals surface area contributed by atoms with Crippen molar-refractivity contribution in [3.63, 3.8) is 0 Å². The highest BCUT2D eigenvalue weighted by Crippen LogP contribution is 2.65. The number of hydrogen-bond acceptors (Lipinski definition) is 4. The van der Waals surface area contributed by atoms with Crippen LogP contribution < -0.4 is 5.32 Å². The molecule has 152 valence electrons. The molecule has 4 nitrogen and oxygen atoms in total. The van der Waals surface area contributed by atoms with Gasteiger partial charge in [-0.3, -0.25) is 0 Å². The van der Waals surface area contributed by atoms with Crippen molar-refractivity contribution >= 4 is 7.12 Å². The van der Waals surface area contributed by atoms with Crippen molar-refractivity contribution in [2.24, 2.45) is 17.3 Å². The standard InChI is InChI=1S/C23H34BNO3/c1-22(2)17-13-19(22)23(3)20(14-17)27-24(28-23)21(12-16-8-5-4-6-9-16)26-15-18-10-7-11-25-18/h4-6,8-9,17-21,25H,7,10-15H2,1-3H3/t17?,18?,19?,20?,21?,23-/m0/s1. The molecule has 6 atom stereocenters. The summed E-state index contributed by atoms with van der Waals surface area (Å²) in [5.74, 6) is 1.36. The van der Waals surface area contributed by atoms with Gasteiger partial charge in [0.05, 0.1) is 24.3 Å². The first-order chi connectivity index (χ1) is 13.5. The summed E-state index contributed by atoms with van der Waals surface area (Å²) in [7, 11) is -0.272. The molecular formula is C23H34BNO3. The van der Waals surface area contributed by atoms with E-state index in [1.807, 2.05) is 0 Å². The molecule has 0 spiro atoms. The highest BCUT2D eigenvalue weighted by Gasteiger charge is 2.68.